The molecule has 0 spiro atoms. The van der Waals surface area contributed by atoms with Gasteiger partial charge in [-0.1, -0.05) is 37.2 Å². The van der Waals surface area contributed by atoms with Crippen LogP contribution in [0.3, 0.4) is 0 Å². The third-order valence-electron chi connectivity index (χ3n) is 3.28. The van der Waals surface area contributed by atoms with Gasteiger partial charge < -0.3 is 19.9 Å². The third-order valence-corrected chi connectivity index (χ3v) is 3.28. The quantitative estimate of drug-likeness (QED) is 0.794. The number of ether oxygens (including phenoxy) is 1. The van der Waals surface area contributed by atoms with E-state index in [-0.39, 0.29) is 12.5 Å². The molecule has 2 rings (SSSR count). The summed E-state index contributed by atoms with van der Waals surface area (Å²) < 4.78 is 10.1. The summed E-state index contributed by atoms with van der Waals surface area (Å²) in [5.41, 5.74) is 1.17. The molecule has 0 unspecified atom stereocenters. The van der Waals surface area contributed by atoms with Crippen LogP contribution in [0.2, 0.25) is 0 Å². The molecule has 0 saturated heterocycles. The molecular formula is C17H21N3O4. The molecule has 0 fully saturated rings. The largest absolute Gasteiger partial charge is 0.458 e. The van der Waals surface area contributed by atoms with Crippen LogP contribution in [0, 0.1) is 12.8 Å². The van der Waals surface area contributed by atoms with Crippen LogP contribution in [-0.2, 0) is 16.1 Å². The summed E-state index contributed by atoms with van der Waals surface area (Å²) >= 11 is 0. The Kier molecular flexibility index (Phi) is 5.95. The number of para-hydroxylation sites is 1. The summed E-state index contributed by atoms with van der Waals surface area (Å²) in [6, 6.07) is 9.45. The molecule has 1 atom stereocenters. The monoisotopic (exact) mass is 331 g/mol. The lowest BCUT2D eigenvalue weighted by Gasteiger charge is -2.20. The average Bonchev–Trinajstić information content (AvgIpc) is 2.96. The number of anilines is 1. The molecule has 2 aromatic rings. The molecule has 0 bridgehead atoms. The van der Waals surface area contributed by atoms with E-state index in [1.54, 1.807) is 25.1 Å². The number of nitrogens with one attached hydrogen (secondary N) is 2. The number of rotatable bonds is 6. The number of hydrogen-bond donors (Lipinski definition) is 2. The van der Waals surface area contributed by atoms with Crippen molar-refractivity contribution in [2.75, 3.05) is 5.32 Å². The van der Waals surface area contributed by atoms with Crippen LogP contribution < -0.4 is 10.6 Å². The highest BCUT2D eigenvalue weighted by atomic mass is 16.5. The minimum atomic E-state index is -0.762. The van der Waals surface area contributed by atoms with Gasteiger partial charge in [-0.2, -0.15) is 0 Å². The van der Waals surface area contributed by atoms with E-state index in [0.29, 0.717) is 17.1 Å². The van der Waals surface area contributed by atoms with Crippen LogP contribution in [-0.4, -0.2) is 23.2 Å². The molecule has 0 radical (unpaired) electrons. The number of carbonyl (C=O) groups excluding carboxylic acids is 2. The number of benzene rings is 1. The Balaban J connectivity index is 1.90. The minimum Gasteiger partial charge on any atom is -0.458 e. The number of amides is 2. The lowest BCUT2D eigenvalue weighted by molar-refractivity contribution is -0.148. The first-order valence-corrected chi connectivity index (χ1v) is 7.67. The van der Waals surface area contributed by atoms with E-state index in [9.17, 15) is 9.59 Å². The van der Waals surface area contributed by atoms with Gasteiger partial charge in [0.1, 0.15) is 24.1 Å². The van der Waals surface area contributed by atoms with Crippen molar-refractivity contribution in [3.8, 4) is 0 Å². The summed E-state index contributed by atoms with van der Waals surface area (Å²) in [6.45, 7) is 5.41. The molecule has 1 aromatic carbocycles. The fourth-order valence-electron chi connectivity index (χ4n) is 2.05. The molecule has 1 heterocycles. The van der Waals surface area contributed by atoms with Gasteiger partial charge in [0.15, 0.2) is 0 Å². The Labute approximate surface area is 140 Å². The molecule has 0 saturated carbocycles. The topological polar surface area (TPSA) is 93.5 Å². The SMILES string of the molecule is Cc1cc(COC(=O)[C@H](NC(=O)Nc2ccccc2)C(C)C)no1. The van der Waals surface area contributed by atoms with Crippen LogP contribution in [0.15, 0.2) is 40.9 Å². The second kappa shape index (κ2) is 8.14. The lowest BCUT2D eigenvalue weighted by Crippen LogP contribution is -2.47. The van der Waals surface area contributed by atoms with E-state index in [2.05, 4.69) is 15.8 Å². The van der Waals surface area contributed by atoms with Gasteiger partial charge in [-0.25, -0.2) is 9.59 Å². The maximum absolute atomic E-state index is 12.2. The normalized spacial score (nSPS) is 11.8. The van der Waals surface area contributed by atoms with Gasteiger partial charge in [-0.3, -0.25) is 0 Å². The second-order valence-corrected chi connectivity index (χ2v) is 5.72. The first-order chi connectivity index (χ1) is 11.5. The number of esters is 1. The van der Waals surface area contributed by atoms with Crippen molar-refractivity contribution in [1.82, 2.24) is 10.5 Å². The van der Waals surface area contributed by atoms with E-state index >= 15 is 0 Å². The van der Waals surface area contributed by atoms with Crippen molar-refractivity contribution in [2.45, 2.75) is 33.4 Å². The number of aromatic nitrogens is 1. The number of hydrogen-bond acceptors (Lipinski definition) is 5. The van der Waals surface area contributed by atoms with Crippen LogP contribution in [0.25, 0.3) is 0 Å². The predicted molar refractivity (Wildman–Crippen MR) is 88.3 cm³/mol. The van der Waals surface area contributed by atoms with Gasteiger partial charge in [0, 0.05) is 11.8 Å². The van der Waals surface area contributed by atoms with E-state index in [1.165, 1.54) is 0 Å². The van der Waals surface area contributed by atoms with Crippen molar-refractivity contribution in [3.05, 3.63) is 47.9 Å². The number of urea groups is 1. The lowest BCUT2D eigenvalue weighted by atomic mass is 10.1. The Morgan fingerprint density at radius 1 is 1.25 bits per heavy atom. The van der Waals surface area contributed by atoms with Gasteiger partial charge in [0.25, 0.3) is 0 Å². The first-order valence-electron chi connectivity index (χ1n) is 7.67. The molecule has 7 heteroatoms. The molecule has 0 aliphatic carbocycles. The summed E-state index contributed by atoms with van der Waals surface area (Å²) in [6.07, 6.45) is 0. The molecule has 2 amide bonds. The Morgan fingerprint density at radius 3 is 2.54 bits per heavy atom. The first kappa shape index (κ1) is 17.5. The Hall–Kier alpha value is -2.83. The number of nitrogens with zero attached hydrogens (tertiary/aromatic N) is 1. The molecule has 1 aromatic heterocycles. The summed E-state index contributed by atoms with van der Waals surface area (Å²) in [7, 11) is 0. The average molecular weight is 331 g/mol. The fourth-order valence-corrected chi connectivity index (χ4v) is 2.05. The predicted octanol–water partition coefficient (Wildman–Crippen LogP) is 2.87. The number of carbonyl (C=O) groups is 2. The number of aryl methyl sites for hydroxylation is 1. The van der Waals surface area contributed by atoms with E-state index < -0.39 is 18.0 Å². The van der Waals surface area contributed by atoms with Crippen molar-refractivity contribution >= 4 is 17.7 Å². The molecule has 7 nitrogen and oxygen atoms in total. The Morgan fingerprint density at radius 2 is 1.96 bits per heavy atom. The van der Waals surface area contributed by atoms with Crippen molar-refractivity contribution in [1.29, 1.82) is 0 Å². The third kappa shape index (κ3) is 5.12. The Bertz CT molecular complexity index is 682. The van der Waals surface area contributed by atoms with Gasteiger partial charge in [-0.15, -0.1) is 0 Å². The molecule has 2 N–H and O–H groups in total. The van der Waals surface area contributed by atoms with Crippen LogP contribution in [0.5, 0.6) is 0 Å². The van der Waals surface area contributed by atoms with E-state index in [4.69, 9.17) is 9.26 Å². The van der Waals surface area contributed by atoms with Crippen LogP contribution in [0.1, 0.15) is 25.3 Å². The second-order valence-electron chi connectivity index (χ2n) is 5.72. The van der Waals surface area contributed by atoms with Gasteiger partial charge in [0.05, 0.1) is 0 Å². The summed E-state index contributed by atoms with van der Waals surface area (Å²) in [5.74, 6) is -0.00578. The molecular weight excluding hydrogens is 310 g/mol. The van der Waals surface area contributed by atoms with Gasteiger partial charge >= 0.3 is 12.0 Å². The van der Waals surface area contributed by atoms with Crippen molar-refractivity contribution < 1.29 is 18.8 Å². The van der Waals surface area contributed by atoms with E-state index in [1.807, 2.05) is 32.0 Å². The summed E-state index contributed by atoms with van der Waals surface area (Å²) in [4.78, 5) is 24.3. The molecule has 128 valence electrons. The molecule has 24 heavy (non-hydrogen) atoms. The van der Waals surface area contributed by atoms with Gasteiger partial charge in [-0.05, 0) is 25.0 Å². The van der Waals surface area contributed by atoms with Crippen molar-refractivity contribution in [3.63, 3.8) is 0 Å². The smallest absolute Gasteiger partial charge is 0.329 e. The molecule has 0 aliphatic rings. The van der Waals surface area contributed by atoms with E-state index in [0.717, 1.165) is 0 Å². The highest BCUT2D eigenvalue weighted by molar-refractivity contribution is 5.92. The summed E-state index contributed by atoms with van der Waals surface area (Å²) in [5, 5.41) is 9.07. The molecule has 0 aliphatic heterocycles. The van der Waals surface area contributed by atoms with Crippen LogP contribution >= 0.6 is 0 Å². The zero-order chi connectivity index (χ0) is 17.5. The maximum atomic E-state index is 12.2. The van der Waals surface area contributed by atoms with Crippen LogP contribution in [0.4, 0.5) is 10.5 Å². The zero-order valence-corrected chi connectivity index (χ0v) is 13.9. The maximum Gasteiger partial charge on any atom is 0.329 e. The highest BCUT2D eigenvalue weighted by Gasteiger charge is 2.26. The van der Waals surface area contributed by atoms with Gasteiger partial charge in [0.2, 0.25) is 0 Å². The fraction of sp³-hybridized carbons (Fsp3) is 0.353. The minimum absolute atomic E-state index is 0.00137. The standard InChI is InChI=1S/C17H21N3O4/c1-11(2)15(16(21)23-10-14-9-12(3)24-20-14)19-17(22)18-13-7-5-4-6-8-13/h4-9,11,15H,10H2,1-3H3,(H2,18,19,22)/t15-/m1/s1. The highest BCUT2D eigenvalue weighted by Crippen LogP contribution is 2.09. The van der Waals surface area contributed by atoms with Crippen molar-refractivity contribution in [2.24, 2.45) is 5.92 Å². The zero-order valence-electron chi connectivity index (χ0n) is 13.9.